The average Bonchev–Trinajstić information content (AvgIpc) is 2.31. The minimum atomic E-state index is -0.281. The predicted molar refractivity (Wildman–Crippen MR) is 66.4 cm³/mol. The molecule has 0 spiro atoms. The van der Waals surface area contributed by atoms with E-state index in [4.69, 9.17) is 23.2 Å². The Morgan fingerprint density at radius 1 is 1.00 bits per heavy atom. The van der Waals surface area contributed by atoms with Gasteiger partial charge in [-0.3, -0.25) is 0 Å². The van der Waals surface area contributed by atoms with Gasteiger partial charge in [0.05, 0.1) is 0 Å². The number of rotatable bonds is 2. The van der Waals surface area contributed by atoms with Gasteiger partial charge in [-0.2, -0.15) is 0 Å². The van der Waals surface area contributed by atoms with Crippen molar-refractivity contribution in [2.24, 2.45) is 0 Å². The van der Waals surface area contributed by atoms with E-state index in [9.17, 15) is 4.39 Å². The van der Waals surface area contributed by atoms with Crippen LogP contribution in [0.3, 0.4) is 0 Å². The highest BCUT2D eigenvalue weighted by molar-refractivity contribution is 6.33. The topological polar surface area (TPSA) is 0 Å². The zero-order valence-electron chi connectivity index (χ0n) is 8.38. The van der Waals surface area contributed by atoms with Crippen molar-refractivity contribution < 1.29 is 4.39 Å². The summed E-state index contributed by atoms with van der Waals surface area (Å²) in [5, 5.41) is 0.527. The first-order chi connectivity index (χ1) is 7.72. The molecule has 2 rings (SSSR count). The van der Waals surface area contributed by atoms with Gasteiger partial charge >= 0.3 is 0 Å². The van der Waals surface area contributed by atoms with Gasteiger partial charge in [0.1, 0.15) is 5.82 Å². The molecule has 0 N–H and O–H groups in total. The molecule has 0 saturated heterocycles. The van der Waals surface area contributed by atoms with Crippen LogP contribution in [-0.2, 0) is 5.88 Å². The number of benzene rings is 2. The molecule has 0 nitrogen and oxygen atoms in total. The van der Waals surface area contributed by atoms with E-state index in [2.05, 4.69) is 0 Å². The molecular weight excluding hydrogens is 246 g/mol. The maximum atomic E-state index is 13.6. The molecule has 0 fully saturated rings. The Balaban J connectivity index is 2.59. The Labute approximate surface area is 104 Å². The van der Waals surface area contributed by atoms with Crippen LogP contribution < -0.4 is 0 Å². The van der Waals surface area contributed by atoms with E-state index in [-0.39, 0.29) is 5.82 Å². The van der Waals surface area contributed by atoms with Crippen molar-refractivity contribution in [2.75, 3.05) is 0 Å². The fraction of sp³-hybridized carbons (Fsp3) is 0.0769. The summed E-state index contributed by atoms with van der Waals surface area (Å²) in [5.74, 6) is 0.106. The number of hydrogen-bond donors (Lipinski definition) is 0. The highest BCUT2D eigenvalue weighted by Gasteiger charge is 2.08. The molecule has 0 aliphatic rings. The Morgan fingerprint density at radius 2 is 1.75 bits per heavy atom. The molecule has 3 heteroatoms. The van der Waals surface area contributed by atoms with Crippen LogP contribution in [0.1, 0.15) is 5.56 Å². The molecular formula is C13H9Cl2F. The maximum absolute atomic E-state index is 13.6. The lowest BCUT2D eigenvalue weighted by Crippen LogP contribution is -1.87. The molecule has 0 saturated carbocycles. The largest absolute Gasteiger partial charge is 0.206 e. The summed E-state index contributed by atoms with van der Waals surface area (Å²) in [6.07, 6.45) is 0. The van der Waals surface area contributed by atoms with E-state index in [1.807, 2.05) is 12.1 Å². The lowest BCUT2D eigenvalue weighted by molar-refractivity contribution is 0.631. The third-order valence-electron chi connectivity index (χ3n) is 2.35. The van der Waals surface area contributed by atoms with Gasteiger partial charge in [-0.1, -0.05) is 35.9 Å². The van der Waals surface area contributed by atoms with Crippen molar-refractivity contribution in [1.29, 1.82) is 0 Å². The normalized spacial score (nSPS) is 10.4. The summed E-state index contributed by atoms with van der Waals surface area (Å²) in [7, 11) is 0. The summed E-state index contributed by atoms with van der Waals surface area (Å²) in [5.41, 5.74) is 2.10. The molecule has 2 aromatic rings. The van der Waals surface area contributed by atoms with Crippen molar-refractivity contribution in [1.82, 2.24) is 0 Å². The van der Waals surface area contributed by atoms with E-state index in [0.717, 1.165) is 5.56 Å². The van der Waals surface area contributed by atoms with Gasteiger partial charge in [-0.05, 0) is 23.8 Å². The van der Waals surface area contributed by atoms with Gasteiger partial charge in [0.15, 0.2) is 0 Å². The molecule has 0 aliphatic heterocycles. The van der Waals surface area contributed by atoms with Gasteiger partial charge < -0.3 is 0 Å². The highest BCUT2D eigenvalue weighted by Crippen LogP contribution is 2.30. The smallest absolute Gasteiger partial charge is 0.131 e. The molecule has 0 amide bonds. The van der Waals surface area contributed by atoms with Gasteiger partial charge in [0.2, 0.25) is 0 Å². The van der Waals surface area contributed by atoms with Gasteiger partial charge in [0.25, 0.3) is 0 Å². The Kier molecular flexibility index (Phi) is 3.47. The lowest BCUT2D eigenvalue weighted by atomic mass is 10.0. The molecule has 0 unspecified atom stereocenters. The minimum Gasteiger partial charge on any atom is -0.206 e. The zero-order chi connectivity index (χ0) is 11.5. The van der Waals surface area contributed by atoms with Crippen LogP contribution in [0.15, 0.2) is 42.5 Å². The molecule has 16 heavy (non-hydrogen) atoms. The molecule has 0 atom stereocenters. The Bertz CT molecular complexity index is 509. The van der Waals surface area contributed by atoms with Crippen LogP contribution in [0, 0.1) is 5.82 Å². The van der Waals surface area contributed by atoms with Crippen LogP contribution >= 0.6 is 23.2 Å². The average molecular weight is 255 g/mol. The van der Waals surface area contributed by atoms with Crippen molar-refractivity contribution in [2.45, 2.75) is 5.88 Å². The van der Waals surface area contributed by atoms with Gasteiger partial charge in [-0.25, -0.2) is 4.39 Å². The SMILES string of the molecule is Fc1ccccc1-c1cc(CCl)ccc1Cl. The van der Waals surface area contributed by atoms with E-state index in [1.54, 1.807) is 24.3 Å². The molecule has 2 aromatic carbocycles. The number of hydrogen-bond acceptors (Lipinski definition) is 0. The fourth-order valence-corrected chi connectivity index (χ4v) is 1.93. The lowest BCUT2D eigenvalue weighted by Gasteiger charge is -2.07. The number of halogens is 3. The summed E-state index contributed by atoms with van der Waals surface area (Å²) < 4.78 is 13.6. The maximum Gasteiger partial charge on any atom is 0.131 e. The number of alkyl halides is 1. The Morgan fingerprint density at radius 3 is 2.44 bits per heavy atom. The second-order valence-electron chi connectivity index (χ2n) is 3.43. The predicted octanol–water partition coefficient (Wildman–Crippen LogP) is 4.88. The van der Waals surface area contributed by atoms with Crippen molar-refractivity contribution in [3.05, 3.63) is 58.9 Å². The monoisotopic (exact) mass is 254 g/mol. The third kappa shape index (κ3) is 2.21. The molecule has 82 valence electrons. The van der Waals surface area contributed by atoms with Crippen LogP contribution in [-0.4, -0.2) is 0 Å². The van der Waals surface area contributed by atoms with E-state index in [0.29, 0.717) is 22.0 Å². The van der Waals surface area contributed by atoms with Crippen LogP contribution in [0.4, 0.5) is 4.39 Å². The van der Waals surface area contributed by atoms with E-state index >= 15 is 0 Å². The summed E-state index contributed by atoms with van der Waals surface area (Å²) in [6, 6.07) is 11.9. The second kappa shape index (κ2) is 4.86. The summed E-state index contributed by atoms with van der Waals surface area (Å²) in [6.45, 7) is 0. The van der Waals surface area contributed by atoms with Crippen LogP contribution in [0.25, 0.3) is 11.1 Å². The molecule has 0 aromatic heterocycles. The van der Waals surface area contributed by atoms with E-state index in [1.165, 1.54) is 6.07 Å². The van der Waals surface area contributed by atoms with Gasteiger partial charge in [0, 0.05) is 22.0 Å². The molecule has 0 radical (unpaired) electrons. The van der Waals surface area contributed by atoms with Crippen molar-refractivity contribution >= 4 is 23.2 Å². The summed E-state index contributed by atoms with van der Waals surface area (Å²) >= 11 is 11.8. The van der Waals surface area contributed by atoms with Crippen molar-refractivity contribution in [3.63, 3.8) is 0 Å². The van der Waals surface area contributed by atoms with Crippen molar-refractivity contribution in [3.8, 4) is 11.1 Å². The third-order valence-corrected chi connectivity index (χ3v) is 2.99. The standard InChI is InChI=1S/C13H9Cl2F/c14-8-9-5-6-12(15)11(7-9)10-3-1-2-4-13(10)16/h1-7H,8H2. The van der Waals surface area contributed by atoms with Crippen LogP contribution in [0.5, 0.6) is 0 Å². The quantitative estimate of drug-likeness (QED) is 0.670. The first kappa shape index (κ1) is 11.4. The minimum absolute atomic E-state index is 0.281. The highest BCUT2D eigenvalue weighted by atomic mass is 35.5. The second-order valence-corrected chi connectivity index (χ2v) is 4.10. The molecule has 0 heterocycles. The van der Waals surface area contributed by atoms with Crippen LogP contribution in [0.2, 0.25) is 5.02 Å². The Hall–Kier alpha value is -1.05. The molecule has 0 aliphatic carbocycles. The first-order valence-corrected chi connectivity index (χ1v) is 5.73. The zero-order valence-corrected chi connectivity index (χ0v) is 9.89. The summed E-state index contributed by atoms with van der Waals surface area (Å²) in [4.78, 5) is 0. The fourth-order valence-electron chi connectivity index (χ4n) is 1.54. The first-order valence-electron chi connectivity index (χ1n) is 4.81. The van der Waals surface area contributed by atoms with Gasteiger partial charge in [-0.15, -0.1) is 11.6 Å². The van der Waals surface area contributed by atoms with E-state index < -0.39 is 0 Å². The molecule has 0 bridgehead atoms.